The van der Waals surface area contributed by atoms with Crippen molar-refractivity contribution in [3.63, 3.8) is 0 Å². The van der Waals surface area contributed by atoms with E-state index in [0.29, 0.717) is 17.2 Å². The van der Waals surface area contributed by atoms with Gasteiger partial charge in [0.2, 0.25) is 35.4 Å². The third-order valence-electron chi connectivity index (χ3n) is 12.3. The Balaban J connectivity index is 1.18. The van der Waals surface area contributed by atoms with Gasteiger partial charge < -0.3 is 57.5 Å². The lowest BCUT2D eigenvalue weighted by Crippen LogP contribution is -2.58. The van der Waals surface area contributed by atoms with E-state index in [4.69, 9.17) is 16.5 Å². The highest BCUT2D eigenvalue weighted by Crippen LogP contribution is 2.40. The number of rotatable bonds is 23. The van der Waals surface area contributed by atoms with Gasteiger partial charge in [0.1, 0.15) is 36.1 Å². The van der Waals surface area contributed by atoms with Crippen molar-refractivity contribution in [2.45, 2.75) is 104 Å². The van der Waals surface area contributed by atoms with E-state index >= 15 is 4.39 Å². The summed E-state index contributed by atoms with van der Waals surface area (Å²) < 4.78 is 31.2. The predicted octanol–water partition coefficient (Wildman–Crippen LogP) is 3.46. The Labute approximate surface area is 411 Å². The number of urea groups is 1. The summed E-state index contributed by atoms with van der Waals surface area (Å²) in [6.07, 6.45) is 1.60. The average Bonchev–Trinajstić information content (AvgIpc) is 3.73. The number of nitrogens with one attached hydrogen (secondary N) is 5. The van der Waals surface area contributed by atoms with Crippen molar-refractivity contribution >= 4 is 52.8 Å². The maximum absolute atomic E-state index is 15.1. The van der Waals surface area contributed by atoms with Crippen LogP contribution in [0.25, 0.3) is 11.3 Å². The van der Waals surface area contributed by atoms with E-state index in [1.807, 2.05) is 65.0 Å². The summed E-state index contributed by atoms with van der Waals surface area (Å²) in [5.74, 6) is -4.33. The van der Waals surface area contributed by atoms with Gasteiger partial charge >= 0.3 is 6.03 Å². The van der Waals surface area contributed by atoms with Crippen molar-refractivity contribution < 1.29 is 47.4 Å². The molecule has 1 fully saturated rings. The molecule has 382 valence electrons. The highest BCUT2D eigenvalue weighted by molar-refractivity contribution is 6.03. The first kappa shape index (κ1) is 54.7. The van der Waals surface area contributed by atoms with E-state index in [9.17, 15) is 43.1 Å². The second-order valence-electron chi connectivity index (χ2n) is 18.7. The minimum atomic E-state index is -1.19. The second kappa shape index (κ2) is 24.5. The maximum atomic E-state index is 15.1. The highest BCUT2D eigenvalue weighted by atomic mass is 19.1. The Kier molecular flexibility index (Phi) is 18.9. The van der Waals surface area contributed by atoms with E-state index in [2.05, 4.69) is 26.6 Å². The molecule has 1 saturated heterocycles. The molecule has 21 heteroatoms. The Morgan fingerprint density at radius 3 is 2.21 bits per heavy atom. The number of imidazole rings is 1. The van der Waals surface area contributed by atoms with Crippen LogP contribution < -0.4 is 43.0 Å². The second-order valence-corrected chi connectivity index (χ2v) is 18.7. The number of hydrogen-bond donors (Lipinski definition) is 8. The number of β-lactam (4-membered cyclic amide) rings is 1. The van der Waals surface area contributed by atoms with Crippen molar-refractivity contribution in [1.82, 2.24) is 35.7 Å². The number of anilines is 2. The quantitative estimate of drug-likeness (QED) is 0.0396. The molecule has 0 aliphatic carbocycles. The van der Waals surface area contributed by atoms with Crippen LogP contribution in [0.4, 0.5) is 25.0 Å². The lowest BCUT2D eigenvalue weighted by atomic mass is 9.84. The molecule has 0 bridgehead atoms. The van der Waals surface area contributed by atoms with Crippen molar-refractivity contribution in [2.24, 2.45) is 22.8 Å². The van der Waals surface area contributed by atoms with Crippen molar-refractivity contribution in [3.8, 4) is 11.3 Å². The largest absolute Gasteiger partial charge is 0.387 e. The van der Waals surface area contributed by atoms with E-state index in [0.717, 1.165) is 23.8 Å². The van der Waals surface area contributed by atoms with Crippen molar-refractivity contribution in [3.05, 3.63) is 102 Å². The van der Waals surface area contributed by atoms with Gasteiger partial charge in [-0.05, 0) is 86.6 Å². The minimum Gasteiger partial charge on any atom is -0.387 e. The van der Waals surface area contributed by atoms with Crippen LogP contribution in [0, 0.1) is 23.0 Å². The molecule has 2 heterocycles. The van der Waals surface area contributed by atoms with E-state index in [1.165, 1.54) is 11.8 Å². The fourth-order valence-electron chi connectivity index (χ4n) is 8.23. The van der Waals surface area contributed by atoms with E-state index in [-0.39, 0.29) is 81.0 Å². The zero-order valence-electron chi connectivity index (χ0n) is 40.8. The van der Waals surface area contributed by atoms with Crippen molar-refractivity contribution in [1.29, 1.82) is 0 Å². The number of nitrogens with two attached hydrogens (primary N) is 2. The highest BCUT2D eigenvalue weighted by Gasteiger charge is 2.42. The van der Waals surface area contributed by atoms with Gasteiger partial charge in [-0.15, -0.1) is 0 Å². The van der Waals surface area contributed by atoms with E-state index < -0.39 is 83.4 Å². The summed E-state index contributed by atoms with van der Waals surface area (Å²) >= 11 is 0. The topological polar surface area (TPSA) is 276 Å². The van der Waals surface area contributed by atoms with Crippen LogP contribution in [0.3, 0.4) is 0 Å². The number of carbonyl (C=O) groups excluding carboxylic acids is 7. The third kappa shape index (κ3) is 14.6. The third-order valence-corrected chi connectivity index (χ3v) is 12.3. The van der Waals surface area contributed by atoms with Crippen LogP contribution in [0.5, 0.6) is 0 Å². The fourth-order valence-corrected chi connectivity index (χ4v) is 8.23. The van der Waals surface area contributed by atoms with Crippen molar-refractivity contribution in [2.75, 3.05) is 36.5 Å². The van der Waals surface area contributed by atoms with Gasteiger partial charge in [-0.1, -0.05) is 58.0 Å². The molecule has 6 atom stereocenters. The van der Waals surface area contributed by atoms with Crippen LogP contribution in [0.1, 0.15) is 84.7 Å². The fraction of sp³-hybridized carbons (Fsp3) is 0.440. The standard InChI is InChI=1S/C50H65F2N11O8/c1-29-31(3)63(48(29)70)35-17-15-34(16-18-35)58-47(69)39(13-10-22-56-49(54)71)60-45(67)30(2)57-41(65)20-23-55-46(68)38(53)21-24-62(42(66)28-64)43(50(4,5)6)44-59-40(36-25-33(51)14-19-37(36)52)27-61(44)26-32-11-8-7-9-12-32/h7-9,11-12,14-19,25,27,29-31,38-39,43,64H,10,13,20-24,26,28,53H2,1-6H3,(H,55,68)(H,57,65)(H,58,69)(H,60,67)(H3,54,56,71)/t29-,30-,31?,38-,39-,43-/m0/s1. The molecule has 1 unspecified atom stereocenters. The summed E-state index contributed by atoms with van der Waals surface area (Å²) in [7, 11) is 0. The van der Waals surface area contributed by atoms with Gasteiger partial charge in [0.15, 0.2) is 0 Å². The molecule has 8 amide bonds. The summed E-state index contributed by atoms with van der Waals surface area (Å²) in [5, 5.41) is 23.2. The SMILES string of the molecule is CC1[C@H](C)C(=O)N1c1ccc(NC(=O)[C@H](CCCNC(N)=O)NC(=O)[C@H](C)NC(=O)CCNC(=O)[C@@H](N)CCN(C(=O)CO)[C@@H](c2nc(-c3cc(F)ccc3F)cn2Cc2ccccc2)C(C)(C)C)cc1. The summed E-state index contributed by atoms with van der Waals surface area (Å²) in [6.45, 7) is 9.98. The van der Waals surface area contributed by atoms with Crippen LogP contribution in [-0.2, 0) is 35.3 Å². The number of nitrogens with zero attached hydrogens (tertiary/aromatic N) is 4. The molecule has 19 nitrogen and oxygen atoms in total. The first-order valence-electron chi connectivity index (χ1n) is 23.5. The van der Waals surface area contributed by atoms with Gasteiger partial charge in [-0.25, -0.2) is 18.6 Å². The van der Waals surface area contributed by atoms with Gasteiger partial charge in [0.25, 0.3) is 0 Å². The molecule has 1 aliphatic heterocycles. The Morgan fingerprint density at radius 1 is 0.887 bits per heavy atom. The smallest absolute Gasteiger partial charge is 0.312 e. The number of hydrogen-bond acceptors (Lipinski definition) is 10. The number of carbonyl (C=O) groups is 7. The van der Waals surface area contributed by atoms with Crippen LogP contribution in [-0.4, -0.2) is 111 Å². The van der Waals surface area contributed by atoms with Gasteiger partial charge in [-0.2, -0.15) is 0 Å². The molecule has 5 rings (SSSR count). The Bertz CT molecular complexity index is 2540. The normalized spacial score (nSPS) is 16.1. The summed E-state index contributed by atoms with van der Waals surface area (Å²) in [6, 6.07) is 14.1. The number of aliphatic hydroxyl groups excluding tert-OH is 1. The molecule has 10 N–H and O–H groups in total. The minimum absolute atomic E-state index is 0.000940. The molecule has 0 saturated carbocycles. The monoisotopic (exact) mass is 985 g/mol. The average molecular weight is 986 g/mol. The molecule has 4 aromatic rings. The number of aromatic nitrogens is 2. The number of benzene rings is 3. The first-order valence-corrected chi connectivity index (χ1v) is 23.5. The Hall–Kier alpha value is -7.26. The number of amides is 8. The molecular formula is C50H65F2N11O8. The van der Waals surface area contributed by atoms with E-state index in [1.54, 1.807) is 39.9 Å². The molecule has 3 aromatic carbocycles. The van der Waals surface area contributed by atoms with Gasteiger partial charge in [0.05, 0.1) is 23.7 Å². The number of primary amides is 1. The lowest BCUT2D eigenvalue weighted by Gasteiger charge is -2.43. The zero-order valence-corrected chi connectivity index (χ0v) is 40.8. The summed E-state index contributed by atoms with van der Waals surface area (Å²) in [4.78, 5) is 97.8. The number of aliphatic hydroxyl groups is 1. The molecular weight excluding hydrogens is 921 g/mol. The van der Waals surface area contributed by atoms with Gasteiger partial charge in [0, 0.05) is 61.8 Å². The predicted molar refractivity (Wildman–Crippen MR) is 262 cm³/mol. The first-order chi connectivity index (χ1) is 33.6. The number of halogens is 2. The zero-order chi connectivity index (χ0) is 52.2. The van der Waals surface area contributed by atoms with Crippen LogP contribution in [0.2, 0.25) is 0 Å². The maximum Gasteiger partial charge on any atom is 0.312 e. The Morgan fingerprint density at radius 2 is 1.58 bits per heavy atom. The summed E-state index contributed by atoms with van der Waals surface area (Å²) in [5.41, 5.74) is 12.7. The van der Waals surface area contributed by atoms with Crippen LogP contribution in [0.15, 0.2) is 79.0 Å². The molecule has 0 spiro atoms. The molecule has 0 radical (unpaired) electrons. The molecule has 1 aliphatic rings. The van der Waals surface area contributed by atoms with Crippen LogP contribution >= 0.6 is 0 Å². The molecule has 71 heavy (non-hydrogen) atoms. The lowest BCUT2D eigenvalue weighted by molar-refractivity contribution is -0.140. The molecule has 1 aromatic heterocycles. The van der Waals surface area contributed by atoms with Gasteiger partial charge in [-0.3, -0.25) is 28.8 Å².